The van der Waals surface area contributed by atoms with E-state index in [0.29, 0.717) is 0 Å². The molecule has 1 aromatic rings. The van der Waals surface area contributed by atoms with E-state index in [4.69, 9.17) is 4.99 Å². The van der Waals surface area contributed by atoms with E-state index < -0.39 is 0 Å². The van der Waals surface area contributed by atoms with Gasteiger partial charge in [-0.05, 0) is 76.3 Å². The molecule has 0 aromatic heterocycles. The Morgan fingerprint density at radius 2 is 1.75 bits per heavy atom. The average molecular weight is 499 g/mol. The third-order valence-electron chi connectivity index (χ3n) is 5.67. The summed E-state index contributed by atoms with van der Waals surface area (Å²) in [5.41, 5.74) is 2.69. The van der Waals surface area contributed by atoms with Gasteiger partial charge in [0.25, 0.3) is 0 Å². The first-order chi connectivity index (χ1) is 13.2. The predicted octanol–water partition coefficient (Wildman–Crippen LogP) is 3.30. The Hall–Kier alpha value is -0.860. The minimum atomic E-state index is 0. The largest absolute Gasteiger partial charge is 0.357 e. The van der Waals surface area contributed by atoms with Gasteiger partial charge in [-0.1, -0.05) is 24.3 Å². The Bertz CT molecular complexity index is 583. The van der Waals surface area contributed by atoms with Crippen molar-refractivity contribution in [3.8, 4) is 0 Å². The lowest BCUT2D eigenvalue weighted by molar-refractivity contribution is 0.210. The number of nitrogens with one attached hydrogen (secondary N) is 2. The molecular formula is C22H38IN5. The van der Waals surface area contributed by atoms with Gasteiger partial charge in [0.15, 0.2) is 5.96 Å². The molecule has 28 heavy (non-hydrogen) atoms. The first kappa shape index (κ1) is 23.4. The van der Waals surface area contributed by atoms with Crippen LogP contribution >= 0.6 is 24.0 Å². The van der Waals surface area contributed by atoms with Gasteiger partial charge in [-0.3, -0.25) is 4.90 Å². The van der Waals surface area contributed by atoms with E-state index in [1.165, 1.54) is 63.0 Å². The zero-order chi connectivity index (χ0) is 18.9. The van der Waals surface area contributed by atoms with Crippen LogP contribution in [0.5, 0.6) is 0 Å². The maximum absolute atomic E-state index is 4.79. The highest BCUT2D eigenvalue weighted by Gasteiger charge is 2.17. The molecule has 1 unspecified atom stereocenters. The number of likely N-dealkylation sites (tertiary alicyclic amines) is 2. The quantitative estimate of drug-likeness (QED) is 0.343. The summed E-state index contributed by atoms with van der Waals surface area (Å²) in [6.07, 6.45) is 5.32. The summed E-state index contributed by atoms with van der Waals surface area (Å²) in [6, 6.07) is 8.99. The lowest BCUT2D eigenvalue weighted by Gasteiger charge is -2.30. The molecule has 2 aliphatic heterocycles. The second-order valence-electron chi connectivity index (χ2n) is 8.15. The Labute approximate surface area is 188 Å². The molecule has 1 aromatic carbocycles. The van der Waals surface area contributed by atoms with E-state index >= 15 is 0 Å². The first-order valence-corrected chi connectivity index (χ1v) is 10.7. The molecule has 3 rings (SSSR count). The second-order valence-corrected chi connectivity index (χ2v) is 8.15. The number of piperidine rings is 1. The number of benzene rings is 1. The summed E-state index contributed by atoms with van der Waals surface area (Å²) in [6.45, 7) is 10.8. The summed E-state index contributed by atoms with van der Waals surface area (Å²) < 4.78 is 0. The Morgan fingerprint density at radius 1 is 1.04 bits per heavy atom. The lowest BCUT2D eigenvalue weighted by Crippen LogP contribution is -2.43. The molecule has 6 heteroatoms. The van der Waals surface area contributed by atoms with Crippen LogP contribution in [0.1, 0.15) is 43.7 Å². The molecule has 0 bridgehead atoms. The van der Waals surface area contributed by atoms with E-state index in [-0.39, 0.29) is 24.0 Å². The van der Waals surface area contributed by atoms with Crippen LogP contribution in [-0.4, -0.2) is 62.1 Å². The Balaban J connectivity index is 0.00000280. The molecular weight excluding hydrogens is 461 g/mol. The number of guanidine groups is 1. The maximum Gasteiger partial charge on any atom is 0.191 e. The smallest absolute Gasteiger partial charge is 0.191 e. The van der Waals surface area contributed by atoms with Crippen LogP contribution < -0.4 is 10.6 Å². The average Bonchev–Trinajstić information content (AvgIpc) is 3.18. The van der Waals surface area contributed by atoms with Crippen molar-refractivity contribution in [3.05, 3.63) is 35.4 Å². The van der Waals surface area contributed by atoms with Crippen molar-refractivity contribution in [1.29, 1.82) is 0 Å². The van der Waals surface area contributed by atoms with Crippen LogP contribution in [0.2, 0.25) is 0 Å². The molecule has 2 N–H and O–H groups in total. The molecule has 158 valence electrons. The summed E-state index contributed by atoms with van der Waals surface area (Å²) in [4.78, 5) is 9.77. The Kier molecular flexibility index (Phi) is 10.6. The van der Waals surface area contributed by atoms with Gasteiger partial charge in [-0.25, -0.2) is 4.99 Å². The number of aliphatic imine (C=N–C) groups is 1. The van der Waals surface area contributed by atoms with E-state index in [0.717, 1.165) is 38.1 Å². The summed E-state index contributed by atoms with van der Waals surface area (Å²) in [5.74, 6) is 1.66. The minimum Gasteiger partial charge on any atom is -0.357 e. The SMILES string of the molecule is CCNC(=NCc1ccc(CN2CCCC2)cc1)NCC1CCCN(C)C1.I. The van der Waals surface area contributed by atoms with Crippen LogP contribution in [0, 0.1) is 5.92 Å². The maximum atomic E-state index is 4.79. The molecule has 5 nitrogen and oxygen atoms in total. The van der Waals surface area contributed by atoms with Crippen LogP contribution in [0.15, 0.2) is 29.3 Å². The van der Waals surface area contributed by atoms with Gasteiger partial charge < -0.3 is 15.5 Å². The number of halogens is 1. The molecule has 0 radical (unpaired) electrons. The molecule has 0 aliphatic carbocycles. The van der Waals surface area contributed by atoms with Gasteiger partial charge in [0.05, 0.1) is 6.54 Å². The van der Waals surface area contributed by atoms with E-state index in [2.05, 4.69) is 58.7 Å². The summed E-state index contributed by atoms with van der Waals surface area (Å²) in [7, 11) is 2.22. The zero-order valence-electron chi connectivity index (χ0n) is 17.6. The van der Waals surface area contributed by atoms with Gasteiger partial charge in [0.1, 0.15) is 0 Å². The molecule has 2 aliphatic rings. The molecule has 2 heterocycles. The van der Waals surface area contributed by atoms with Crippen LogP contribution in [-0.2, 0) is 13.1 Å². The number of nitrogens with zero attached hydrogens (tertiary/aromatic N) is 3. The van der Waals surface area contributed by atoms with Crippen molar-refractivity contribution >= 4 is 29.9 Å². The molecule has 0 amide bonds. The van der Waals surface area contributed by atoms with Crippen molar-refractivity contribution in [3.63, 3.8) is 0 Å². The van der Waals surface area contributed by atoms with E-state index in [1.807, 2.05) is 0 Å². The molecule has 0 spiro atoms. The Morgan fingerprint density at radius 3 is 2.43 bits per heavy atom. The van der Waals surface area contributed by atoms with Gasteiger partial charge in [-0.2, -0.15) is 0 Å². The van der Waals surface area contributed by atoms with Gasteiger partial charge >= 0.3 is 0 Å². The molecule has 2 fully saturated rings. The third kappa shape index (κ3) is 7.87. The van der Waals surface area contributed by atoms with Gasteiger partial charge in [0.2, 0.25) is 0 Å². The normalized spacial score (nSPS) is 21.4. The fourth-order valence-electron chi connectivity index (χ4n) is 4.14. The van der Waals surface area contributed by atoms with Crippen LogP contribution in [0.3, 0.4) is 0 Å². The van der Waals surface area contributed by atoms with Crippen molar-refractivity contribution in [2.75, 3.05) is 46.3 Å². The lowest BCUT2D eigenvalue weighted by atomic mass is 9.99. The zero-order valence-corrected chi connectivity index (χ0v) is 20.0. The van der Waals surface area contributed by atoms with Crippen LogP contribution in [0.4, 0.5) is 0 Å². The van der Waals surface area contributed by atoms with Crippen molar-refractivity contribution in [1.82, 2.24) is 20.4 Å². The number of hydrogen-bond donors (Lipinski definition) is 2. The van der Waals surface area contributed by atoms with Crippen LogP contribution in [0.25, 0.3) is 0 Å². The summed E-state index contributed by atoms with van der Waals surface area (Å²) >= 11 is 0. The van der Waals surface area contributed by atoms with Gasteiger partial charge in [-0.15, -0.1) is 24.0 Å². The highest BCUT2D eigenvalue weighted by molar-refractivity contribution is 14.0. The highest BCUT2D eigenvalue weighted by Crippen LogP contribution is 2.15. The molecule has 2 saturated heterocycles. The fourth-order valence-corrected chi connectivity index (χ4v) is 4.14. The second kappa shape index (κ2) is 12.6. The third-order valence-corrected chi connectivity index (χ3v) is 5.67. The molecule has 0 saturated carbocycles. The van der Waals surface area contributed by atoms with Crippen molar-refractivity contribution in [2.24, 2.45) is 10.9 Å². The summed E-state index contributed by atoms with van der Waals surface area (Å²) in [5, 5.41) is 6.93. The molecule has 1 atom stereocenters. The van der Waals surface area contributed by atoms with E-state index in [1.54, 1.807) is 0 Å². The standard InChI is InChI=1S/C22H37N5.HI/c1-3-23-22(25-16-21-7-6-12-26(2)17-21)24-15-19-8-10-20(11-9-19)18-27-13-4-5-14-27;/h8-11,21H,3-7,12-18H2,1-2H3,(H2,23,24,25);1H. The fraction of sp³-hybridized carbons (Fsp3) is 0.682. The number of rotatable bonds is 7. The van der Waals surface area contributed by atoms with Crippen molar-refractivity contribution in [2.45, 2.75) is 45.7 Å². The van der Waals surface area contributed by atoms with Crippen molar-refractivity contribution < 1.29 is 0 Å². The minimum absolute atomic E-state index is 0. The number of hydrogen-bond acceptors (Lipinski definition) is 3. The monoisotopic (exact) mass is 499 g/mol. The van der Waals surface area contributed by atoms with Gasteiger partial charge in [0, 0.05) is 26.2 Å². The van der Waals surface area contributed by atoms with E-state index in [9.17, 15) is 0 Å². The highest BCUT2D eigenvalue weighted by atomic mass is 127. The first-order valence-electron chi connectivity index (χ1n) is 10.7. The predicted molar refractivity (Wildman–Crippen MR) is 129 cm³/mol. The topological polar surface area (TPSA) is 42.9 Å².